The van der Waals surface area contributed by atoms with Gasteiger partial charge in [0.25, 0.3) is 5.91 Å². The molecular weight excluding hydrogens is 373 g/mol. The number of carbonyl (C=O) groups excluding carboxylic acids is 1. The quantitative estimate of drug-likeness (QED) is 0.665. The minimum Gasteiger partial charge on any atom is -0.340 e. The summed E-state index contributed by atoms with van der Waals surface area (Å²) >= 11 is 3.40. The zero-order chi connectivity index (χ0) is 16.9. The van der Waals surface area contributed by atoms with E-state index in [2.05, 4.69) is 31.5 Å². The van der Waals surface area contributed by atoms with Crippen molar-refractivity contribution in [2.45, 2.75) is 0 Å². The van der Waals surface area contributed by atoms with Gasteiger partial charge in [0.15, 0.2) is 0 Å². The molecule has 0 saturated heterocycles. The van der Waals surface area contributed by atoms with Crippen molar-refractivity contribution in [3.63, 3.8) is 0 Å². The highest BCUT2D eigenvalue weighted by atomic mass is 79.9. The van der Waals surface area contributed by atoms with E-state index in [0.717, 1.165) is 10.2 Å². The van der Waals surface area contributed by atoms with E-state index in [4.69, 9.17) is 0 Å². The molecule has 2 aromatic carbocycles. The monoisotopic (exact) mass is 385 g/mol. The van der Waals surface area contributed by atoms with Crippen molar-refractivity contribution in [3.05, 3.63) is 82.7 Å². The van der Waals surface area contributed by atoms with Gasteiger partial charge in [-0.05, 0) is 42.5 Å². The third-order valence-corrected chi connectivity index (χ3v) is 3.73. The molecule has 0 fully saturated rings. The van der Waals surface area contributed by atoms with Gasteiger partial charge in [0, 0.05) is 10.2 Å². The summed E-state index contributed by atoms with van der Waals surface area (Å²) in [6.07, 6.45) is 1.51. The minimum atomic E-state index is -0.559. The second-order valence-corrected chi connectivity index (χ2v) is 5.92. The number of nitrogens with zero attached hydrogens (tertiary/aromatic N) is 1. The molecule has 0 spiro atoms. The van der Waals surface area contributed by atoms with Gasteiger partial charge in [-0.25, -0.2) is 9.37 Å². The average Bonchev–Trinajstić information content (AvgIpc) is 2.57. The predicted molar refractivity (Wildman–Crippen MR) is 96.0 cm³/mol. The summed E-state index contributed by atoms with van der Waals surface area (Å²) in [5.41, 5.74) is 1.37. The molecule has 1 aromatic heterocycles. The van der Waals surface area contributed by atoms with Crippen LogP contribution >= 0.6 is 15.9 Å². The van der Waals surface area contributed by atoms with Gasteiger partial charge in [-0.1, -0.05) is 34.1 Å². The highest BCUT2D eigenvalue weighted by Gasteiger charge is 2.11. The molecule has 0 aliphatic carbocycles. The number of pyridine rings is 1. The Balaban J connectivity index is 1.68. The molecule has 0 aliphatic rings. The number of aromatic nitrogens is 1. The maximum Gasteiger partial charge on any atom is 0.258 e. The number of amides is 1. The van der Waals surface area contributed by atoms with E-state index < -0.39 is 11.7 Å². The first-order valence-corrected chi connectivity index (χ1v) is 7.95. The Hall–Kier alpha value is -2.73. The summed E-state index contributed by atoms with van der Waals surface area (Å²) in [4.78, 5) is 16.3. The Morgan fingerprint density at radius 1 is 1.00 bits per heavy atom. The Bertz CT molecular complexity index is 868. The van der Waals surface area contributed by atoms with Crippen LogP contribution in [0, 0.1) is 5.82 Å². The van der Waals surface area contributed by atoms with Crippen molar-refractivity contribution in [2.75, 3.05) is 10.6 Å². The second-order valence-electron chi connectivity index (χ2n) is 5.00. The molecule has 0 radical (unpaired) electrons. The smallest absolute Gasteiger partial charge is 0.258 e. The van der Waals surface area contributed by atoms with Crippen LogP contribution in [0.2, 0.25) is 0 Å². The molecule has 0 aliphatic heterocycles. The number of carbonyl (C=O) groups is 1. The fraction of sp³-hybridized carbons (Fsp3) is 0. The molecule has 4 nitrogen and oxygen atoms in total. The van der Waals surface area contributed by atoms with Crippen molar-refractivity contribution in [3.8, 4) is 0 Å². The maximum atomic E-state index is 13.6. The Morgan fingerprint density at radius 3 is 2.54 bits per heavy atom. The van der Waals surface area contributed by atoms with Gasteiger partial charge in [-0.2, -0.15) is 0 Å². The summed E-state index contributed by atoms with van der Waals surface area (Å²) in [7, 11) is 0. The summed E-state index contributed by atoms with van der Waals surface area (Å²) in [5.74, 6) is -0.435. The first kappa shape index (κ1) is 16.1. The number of benzene rings is 2. The lowest BCUT2D eigenvalue weighted by Gasteiger charge is -2.08. The molecule has 0 bridgehead atoms. The van der Waals surface area contributed by atoms with Crippen LogP contribution in [0.25, 0.3) is 0 Å². The number of nitrogens with one attached hydrogen (secondary N) is 2. The lowest BCUT2D eigenvalue weighted by molar-refractivity contribution is 0.102. The van der Waals surface area contributed by atoms with Crippen molar-refractivity contribution < 1.29 is 9.18 Å². The highest BCUT2D eigenvalue weighted by Crippen LogP contribution is 2.20. The molecule has 1 heterocycles. The van der Waals surface area contributed by atoms with Gasteiger partial charge in [-0.15, -0.1) is 0 Å². The van der Waals surface area contributed by atoms with E-state index in [1.54, 1.807) is 18.2 Å². The van der Waals surface area contributed by atoms with Crippen molar-refractivity contribution in [1.82, 2.24) is 4.98 Å². The number of rotatable bonds is 4. The standard InChI is InChI=1S/C18H13BrFN3O/c19-12-4-3-5-13(10-12)22-17-9-8-14(11-21-17)23-18(24)15-6-1-2-7-16(15)20/h1-11H,(H,21,22)(H,23,24). The summed E-state index contributed by atoms with van der Waals surface area (Å²) in [6.45, 7) is 0. The third kappa shape index (κ3) is 3.97. The maximum absolute atomic E-state index is 13.6. The van der Waals surface area contributed by atoms with E-state index in [-0.39, 0.29) is 5.56 Å². The molecule has 24 heavy (non-hydrogen) atoms. The Kier molecular flexibility index (Phi) is 4.86. The molecule has 0 saturated carbocycles. The van der Waals surface area contributed by atoms with Crippen molar-refractivity contribution >= 4 is 39.0 Å². The normalized spacial score (nSPS) is 10.2. The molecule has 1 amide bonds. The van der Waals surface area contributed by atoms with Gasteiger partial charge in [0.1, 0.15) is 11.6 Å². The van der Waals surface area contributed by atoms with Crippen LogP contribution in [0.1, 0.15) is 10.4 Å². The van der Waals surface area contributed by atoms with Gasteiger partial charge in [0.05, 0.1) is 17.4 Å². The third-order valence-electron chi connectivity index (χ3n) is 3.24. The zero-order valence-corrected chi connectivity index (χ0v) is 14.0. The first-order chi connectivity index (χ1) is 11.6. The van der Waals surface area contributed by atoms with Crippen LogP contribution in [0.15, 0.2) is 71.3 Å². The van der Waals surface area contributed by atoms with Crippen LogP contribution < -0.4 is 10.6 Å². The molecule has 2 N–H and O–H groups in total. The fourth-order valence-electron chi connectivity index (χ4n) is 2.10. The second kappa shape index (κ2) is 7.23. The lowest BCUT2D eigenvalue weighted by atomic mass is 10.2. The van der Waals surface area contributed by atoms with E-state index in [9.17, 15) is 9.18 Å². The largest absolute Gasteiger partial charge is 0.340 e. The number of anilines is 3. The van der Waals surface area contributed by atoms with E-state index in [0.29, 0.717) is 11.5 Å². The number of hydrogen-bond donors (Lipinski definition) is 2. The lowest BCUT2D eigenvalue weighted by Crippen LogP contribution is -2.13. The van der Waals surface area contributed by atoms with Gasteiger partial charge < -0.3 is 10.6 Å². The summed E-state index contributed by atoms with van der Waals surface area (Å²) < 4.78 is 14.6. The SMILES string of the molecule is O=C(Nc1ccc(Nc2cccc(Br)c2)nc1)c1ccccc1F. The number of halogens is 2. The Labute approximate surface area is 146 Å². The van der Waals surface area contributed by atoms with E-state index >= 15 is 0 Å². The zero-order valence-electron chi connectivity index (χ0n) is 12.5. The average molecular weight is 386 g/mol. The molecule has 0 unspecified atom stereocenters. The van der Waals surface area contributed by atoms with Crippen LogP contribution in [-0.2, 0) is 0 Å². The molecule has 3 rings (SSSR count). The van der Waals surface area contributed by atoms with Crippen LogP contribution in [0.5, 0.6) is 0 Å². The predicted octanol–water partition coefficient (Wildman–Crippen LogP) is 4.98. The molecule has 3 aromatic rings. The number of hydrogen-bond acceptors (Lipinski definition) is 3. The van der Waals surface area contributed by atoms with Crippen molar-refractivity contribution in [1.29, 1.82) is 0 Å². The Morgan fingerprint density at radius 2 is 1.83 bits per heavy atom. The minimum absolute atomic E-state index is 0.00571. The fourth-order valence-corrected chi connectivity index (χ4v) is 2.50. The van der Waals surface area contributed by atoms with Crippen LogP contribution in [0.4, 0.5) is 21.6 Å². The molecule has 120 valence electrons. The van der Waals surface area contributed by atoms with Crippen molar-refractivity contribution in [2.24, 2.45) is 0 Å². The van der Waals surface area contributed by atoms with Crippen LogP contribution in [-0.4, -0.2) is 10.9 Å². The summed E-state index contributed by atoms with van der Waals surface area (Å²) in [5, 5.41) is 5.77. The summed E-state index contributed by atoms with van der Waals surface area (Å²) in [6, 6.07) is 17.0. The van der Waals surface area contributed by atoms with Gasteiger partial charge >= 0.3 is 0 Å². The first-order valence-electron chi connectivity index (χ1n) is 7.16. The molecule has 0 atom stereocenters. The van der Waals surface area contributed by atoms with Gasteiger partial charge in [-0.3, -0.25) is 4.79 Å². The molecular formula is C18H13BrFN3O. The van der Waals surface area contributed by atoms with E-state index in [1.165, 1.54) is 24.4 Å². The van der Waals surface area contributed by atoms with Gasteiger partial charge in [0.2, 0.25) is 0 Å². The topological polar surface area (TPSA) is 54.0 Å². The molecule has 6 heteroatoms. The van der Waals surface area contributed by atoms with E-state index in [1.807, 2.05) is 24.3 Å². The highest BCUT2D eigenvalue weighted by molar-refractivity contribution is 9.10. The van der Waals surface area contributed by atoms with Crippen LogP contribution in [0.3, 0.4) is 0 Å².